The van der Waals surface area contributed by atoms with Gasteiger partial charge in [0, 0.05) is 12.1 Å². The predicted octanol–water partition coefficient (Wildman–Crippen LogP) is 2.66. The van der Waals surface area contributed by atoms with Crippen LogP contribution in [0.4, 0.5) is 0 Å². The van der Waals surface area contributed by atoms with Crippen LogP contribution in [0.2, 0.25) is 0 Å². The van der Waals surface area contributed by atoms with E-state index in [0.29, 0.717) is 23.6 Å². The molecule has 2 aromatic rings. The van der Waals surface area contributed by atoms with Gasteiger partial charge in [-0.2, -0.15) is 0 Å². The standard InChI is InChI=1S/C19H17NO4/c1-2-20-18(21)12-23-14-9-7-13(8-10-14)11-16-15-5-3-4-6-17(15)24-19(16)22/h3-11H,2,12H2,1H3,(H,20,21)/b16-11+. The first-order valence-electron chi connectivity index (χ1n) is 7.70. The second kappa shape index (κ2) is 7.00. The molecule has 1 amide bonds. The molecule has 0 spiro atoms. The number of ether oxygens (including phenoxy) is 2. The van der Waals surface area contributed by atoms with E-state index in [4.69, 9.17) is 9.47 Å². The lowest BCUT2D eigenvalue weighted by molar-refractivity contribution is -0.127. The van der Waals surface area contributed by atoms with Gasteiger partial charge in [-0.15, -0.1) is 0 Å². The van der Waals surface area contributed by atoms with Crippen LogP contribution in [0.5, 0.6) is 11.5 Å². The van der Waals surface area contributed by atoms with Crippen LogP contribution in [0, 0.1) is 0 Å². The number of amides is 1. The zero-order valence-corrected chi connectivity index (χ0v) is 13.2. The summed E-state index contributed by atoms with van der Waals surface area (Å²) in [6, 6.07) is 14.5. The molecule has 0 radical (unpaired) electrons. The van der Waals surface area contributed by atoms with Crippen molar-refractivity contribution < 1.29 is 19.1 Å². The fraction of sp³-hybridized carbons (Fsp3) is 0.158. The molecule has 0 atom stereocenters. The summed E-state index contributed by atoms with van der Waals surface area (Å²) in [5.41, 5.74) is 2.17. The molecule has 1 N–H and O–H groups in total. The molecule has 0 fully saturated rings. The molecule has 5 nitrogen and oxygen atoms in total. The van der Waals surface area contributed by atoms with Crippen molar-refractivity contribution in [2.75, 3.05) is 13.2 Å². The second-order valence-electron chi connectivity index (χ2n) is 5.25. The Hall–Kier alpha value is -3.08. The van der Waals surface area contributed by atoms with Gasteiger partial charge in [0.2, 0.25) is 0 Å². The van der Waals surface area contributed by atoms with Crippen molar-refractivity contribution in [1.29, 1.82) is 0 Å². The van der Waals surface area contributed by atoms with Gasteiger partial charge in [-0.25, -0.2) is 4.79 Å². The molecule has 0 saturated carbocycles. The number of esters is 1. The maximum atomic E-state index is 12.0. The van der Waals surface area contributed by atoms with Crippen LogP contribution in [0.25, 0.3) is 11.6 Å². The van der Waals surface area contributed by atoms with Crippen molar-refractivity contribution in [3.8, 4) is 11.5 Å². The number of fused-ring (bicyclic) bond motifs is 1. The Labute approximate surface area is 139 Å². The molecule has 0 unspecified atom stereocenters. The lowest BCUT2D eigenvalue weighted by Crippen LogP contribution is -2.28. The Morgan fingerprint density at radius 2 is 1.92 bits per heavy atom. The molecule has 5 heteroatoms. The van der Waals surface area contributed by atoms with Gasteiger partial charge in [-0.3, -0.25) is 4.79 Å². The summed E-state index contributed by atoms with van der Waals surface area (Å²) < 4.78 is 10.6. The Morgan fingerprint density at radius 1 is 1.17 bits per heavy atom. The van der Waals surface area contributed by atoms with E-state index < -0.39 is 0 Å². The van der Waals surface area contributed by atoms with Gasteiger partial charge in [0.15, 0.2) is 6.61 Å². The molecule has 24 heavy (non-hydrogen) atoms. The highest BCUT2D eigenvalue weighted by Gasteiger charge is 2.25. The van der Waals surface area contributed by atoms with E-state index >= 15 is 0 Å². The van der Waals surface area contributed by atoms with Gasteiger partial charge in [0.05, 0.1) is 5.57 Å². The predicted molar refractivity (Wildman–Crippen MR) is 90.6 cm³/mol. The van der Waals surface area contributed by atoms with Crippen LogP contribution in [0.3, 0.4) is 0 Å². The number of para-hydroxylation sites is 1. The van der Waals surface area contributed by atoms with Crippen LogP contribution in [0.15, 0.2) is 48.5 Å². The first-order chi connectivity index (χ1) is 11.7. The minimum Gasteiger partial charge on any atom is -0.484 e. The fourth-order valence-electron chi connectivity index (χ4n) is 2.40. The zero-order chi connectivity index (χ0) is 16.9. The summed E-state index contributed by atoms with van der Waals surface area (Å²) in [5.74, 6) is 0.662. The third-order valence-corrected chi connectivity index (χ3v) is 3.53. The van der Waals surface area contributed by atoms with Crippen molar-refractivity contribution >= 4 is 23.5 Å². The summed E-state index contributed by atoms with van der Waals surface area (Å²) in [6.07, 6.45) is 1.78. The summed E-state index contributed by atoms with van der Waals surface area (Å²) in [5, 5.41) is 2.66. The molecule has 0 aromatic heterocycles. The van der Waals surface area contributed by atoms with E-state index in [-0.39, 0.29) is 18.5 Å². The molecule has 0 saturated heterocycles. The minimum atomic E-state index is -0.354. The SMILES string of the molecule is CCNC(=O)COc1ccc(/C=C2/C(=O)Oc3ccccc32)cc1. The Morgan fingerprint density at radius 3 is 2.67 bits per heavy atom. The molecule has 3 rings (SSSR count). The maximum Gasteiger partial charge on any atom is 0.344 e. The van der Waals surface area contributed by atoms with Gasteiger partial charge in [0.1, 0.15) is 11.5 Å². The molecule has 122 valence electrons. The monoisotopic (exact) mass is 323 g/mol. The number of carbonyl (C=O) groups is 2. The van der Waals surface area contributed by atoms with Crippen molar-refractivity contribution in [1.82, 2.24) is 5.32 Å². The Kier molecular flexibility index (Phi) is 4.61. The minimum absolute atomic E-state index is 0.0199. The van der Waals surface area contributed by atoms with Gasteiger partial charge in [-0.05, 0) is 36.8 Å². The first-order valence-corrected chi connectivity index (χ1v) is 7.70. The van der Waals surface area contributed by atoms with E-state index in [1.54, 1.807) is 24.3 Å². The second-order valence-corrected chi connectivity index (χ2v) is 5.25. The molecular weight excluding hydrogens is 306 g/mol. The van der Waals surface area contributed by atoms with Crippen molar-refractivity contribution in [2.24, 2.45) is 0 Å². The van der Waals surface area contributed by atoms with Crippen LogP contribution in [-0.4, -0.2) is 25.0 Å². The van der Waals surface area contributed by atoms with Crippen LogP contribution >= 0.6 is 0 Å². The van der Waals surface area contributed by atoms with E-state index in [1.807, 2.05) is 37.3 Å². The number of carbonyl (C=O) groups excluding carboxylic acids is 2. The Balaban J connectivity index is 1.72. The van der Waals surface area contributed by atoms with Crippen molar-refractivity contribution in [3.63, 3.8) is 0 Å². The number of rotatable bonds is 5. The van der Waals surface area contributed by atoms with E-state index in [0.717, 1.165) is 11.1 Å². The fourth-order valence-corrected chi connectivity index (χ4v) is 2.40. The molecular formula is C19H17NO4. The van der Waals surface area contributed by atoms with Crippen molar-refractivity contribution in [2.45, 2.75) is 6.92 Å². The number of nitrogens with one attached hydrogen (secondary N) is 1. The Bertz CT molecular complexity index is 793. The number of hydrogen-bond donors (Lipinski definition) is 1. The van der Waals surface area contributed by atoms with Crippen LogP contribution in [-0.2, 0) is 9.59 Å². The summed E-state index contributed by atoms with van der Waals surface area (Å²) in [4.78, 5) is 23.4. The van der Waals surface area contributed by atoms with Gasteiger partial charge in [-0.1, -0.05) is 30.3 Å². The third kappa shape index (κ3) is 3.46. The molecule has 1 aliphatic rings. The lowest BCUT2D eigenvalue weighted by atomic mass is 10.0. The first kappa shape index (κ1) is 15.8. The molecule has 1 heterocycles. The number of hydrogen-bond acceptors (Lipinski definition) is 4. The molecule has 0 bridgehead atoms. The van der Waals surface area contributed by atoms with Gasteiger partial charge >= 0.3 is 5.97 Å². The maximum absolute atomic E-state index is 12.0. The normalized spacial score (nSPS) is 14.2. The highest BCUT2D eigenvalue weighted by Crippen LogP contribution is 2.35. The largest absolute Gasteiger partial charge is 0.484 e. The molecule has 0 aliphatic carbocycles. The topological polar surface area (TPSA) is 64.6 Å². The lowest BCUT2D eigenvalue weighted by Gasteiger charge is -2.06. The summed E-state index contributed by atoms with van der Waals surface area (Å²) in [6.45, 7) is 2.41. The molecule has 2 aromatic carbocycles. The summed E-state index contributed by atoms with van der Waals surface area (Å²) in [7, 11) is 0. The highest BCUT2D eigenvalue weighted by atomic mass is 16.5. The van der Waals surface area contributed by atoms with E-state index in [2.05, 4.69) is 5.32 Å². The quantitative estimate of drug-likeness (QED) is 0.522. The third-order valence-electron chi connectivity index (χ3n) is 3.53. The molecule has 1 aliphatic heterocycles. The van der Waals surface area contributed by atoms with Crippen molar-refractivity contribution in [3.05, 3.63) is 59.7 Å². The van der Waals surface area contributed by atoms with E-state index in [1.165, 1.54) is 0 Å². The van der Waals surface area contributed by atoms with Crippen LogP contribution in [0.1, 0.15) is 18.1 Å². The highest BCUT2D eigenvalue weighted by molar-refractivity contribution is 6.25. The average molecular weight is 323 g/mol. The van der Waals surface area contributed by atoms with Gasteiger partial charge in [0.25, 0.3) is 5.91 Å². The van der Waals surface area contributed by atoms with Gasteiger partial charge < -0.3 is 14.8 Å². The van der Waals surface area contributed by atoms with Crippen LogP contribution < -0.4 is 14.8 Å². The number of benzene rings is 2. The van der Waals surface area contributed by atoms with E-state index in [9.17, 15) is 9.59 Å². The smallest absolute Gasteiger partial charge is 0.344 e. The number of likely N-dealkylation sites (N-methyl/N-ethyl adjacent to an activating group) is 1. The average Bonchev–Trinajstić information content (AvgIpc) is 2.90. The summed E-state index contributed by atoms with van der Waals surface area (Å²) >= 11 is 0. The zero-order valence-electron chi connectivity index (χ0n) is 13.2.